The van der Waals surface area contributed by atoms with Gasteiger partial charge >= 0.3 is 0 Å². The van der Waals surface area contributed by atoms with Gasteiger partial charge in [-0.05, 0) is 24.6 Å². The number of pyridine rings is 1. The third-order valence-electron chi connectivity index (χ3n) is 3.75. The van der Waals surface area contributed by atoms with Crippen LogP contribution in [0.15, 0.2) is 18.3 Å². The number of aliphatic hydroxyl groups excluding tert-OH is 1. The lowest BCUT2D eigenvalue weighted by atomic mass is 10.0. The first-order chi connectivity index (χ1) is 10.8. The first-order valence-corrected chi connectivity index (χ1v) is 7.50. The van der Waals surface area contributed by atoms with Gasteiger partial charge in [-0.2, -0.15) is 0 Å². The van der Waals surface area contributed by atoms with E-state index in [4.69, 9.17) is 15.6 Å². The molecule has 0 amide bonds. The minimum Gasteiger partial charge on any atom is -0.394 e. The predicted molar refractivity (Wildman–Crippen MR) is 84.2 cm³/mol. The van der Waals surface area contributed by atoms with Gasteiger partial charge in [0.15, 0.2) is 5.65 Å². The van der Waals surface area contributed by atoms with Crippen LogP contribution >= 0.6 is 0 Å². The highest BCUT2D eigenvalue weighted by molar-refractivity contribution is 5.87. The third kappa shape index (κ3) is 3.02. The Morgan fingerprint density at radius 3 is 3.09 bits per heavy atom. The number of imidazole rings is 1. The van der Waals surface area contributed by atoms with Crippen molar-refractivity contribution in [2.45, 2.75) is 12.5 Å². The van der Waals surface area contributed by atoms with Crippen LogP contribution in [0.4, 0.5) is 0 Å². The van der Waals surface area contributed by atoms with Crippen molar-refractivity contribution in [1.29, 1.82) is 0 Å². The van der Waals surface area contributed by atoms with Crippen LogP contribution in [0.1, 0.15) is 23.9 Å². The molecule has 0 radical (unpaired) electrons. The van der Waals surface area contributed by atoms with Crippen molar-refractivity contribution < 1.29 is 9.84 Å². The number of aromatic amines is 1. The lowest BCUT2D eigenvalue weighted by Crippen LogP contribution is -2.20. The van der Waals surface area contributed by atoms with E-state index in [0.717, 1.165) is 30.6 Å². The van der Waals surface area contributed by atoms with Crippen LogP contribution in [0.25, 0.3) is 16.7 Å². The summed E-state index contributed by atoms with van der Waals surface area (Å²) in [7, 11) is 0. The predicted octanol–water partition coefficient (Wildman–Crippen LogP) is 0.343. The highest BCUT2D eigenvalue weighted by atomic mass is 16.5. The summed E-state index contributed by atoms with van der Waals surface area (Å²) in [5.74, 6) is 0.653. The number of nitrogens with two attached hydrogens (primary N) is 1. The van der Waals surface area contributed by atoms with Gasteiger partial charge in [-0.15, -0.1) is 0 Å². The molecule has 1 aliphatic rings. The van der Waals surface area contributed by atoms with Gasteiger partial charge < -0.3 is 25.9 Å². The van der Waals surface area contributed by atoms with Crippen LogP contribution < -0.4 is 11.1 Å². The molecule has 0 aliphatic carbocycles. The number of aliphatic hydroxyl groups is 1. The van der Waals surface area contributed by atoms with E-state index in [1.54, 1.807) is 6.20 Å². The molecule has 2 aromatic rings. The molecule has 0 spiro atoms. The fourth-order valence-electron chi connectivity index (χ4n) is 2.67. The molecule has 2 aromatic heterocycles. The average Bonchev–Trinajstić information content (AvgIpc) is 3.00. The van der Waals surface area contributed by atoms with Crippen LogP contribution in [0.3, 0.4) is 0 Å². The molecular weight excluding hydrogens is 282 g/mol. The third-order valence-corrected chi connectivity index (χ3v) is 3.75. The normalized spacial score (nSPS) is 16.7. The summed E-state index contributed by atoms with van der Waals surface area (Å²) >= 11 is 0. The number of nitrogens with zero attached hydrogens (tertiary/aromatic N) is 2. The Labute approximate surface area is 128 Å². The lowest BCUT2D eigenvalue weighted by Gasteiger charge is -2.14. The standard InChI is InChI=1S/C15H21N5O2/c16-9-12(22-8-7-21)14-19-13-11(3-6-18-15(13)20-14)10-1-4-17-5-2-10/h1,3,6,12,17,21H,2,4-5,7-9,16H2,(H,18,19,20). The van der Waals surface area contributed by atoms with E-state index in [2.05, 4.69) is 26.3 Å². The Hall–Kier alpha value is -1.80. The smallest absolute Gasteiger partial charge is 0.178 e. The highest BCUT2D eigenvalue weighted by Crippen LogP contribution is 2.27. The fourth-order valence-corrected chi connectivity index (χ4v) is 2.67. The summed E-state index contributed by atoms with van der Waals surface area (Å²) in [5.41, 5.74) is 9.74. The first kappa shape index (κ1) is 15.1. The van der Waals surface area contributed by atoms with E-state index >= 15 is 0 Å². The Bertz CT molecular complexity index is 667. The molecule has 1 atom stereocenters. The van der Waals surface area contributed by atoms with E-state index in [0.29, 0.717) is 18.0 Å². The SMILES string of the molecule is NCC(OCCO)c1nc2nccc(C3=CCNCC3)c2[nH]1. The van der Waals surface area contributed by atoms with Crippen molar-refractivity contribution in [3.05, 3.63) is 29.7 Å². The van der Waals surface area contributed by atoms with E-state index in [1.165, 1.54) is 5.57 Å². The van der Waals surface area contributed by atoms with Crippen LogP contribution in [0.5, 0.6) is 0 Å². The minimum absolute atomic E-state index is 0.0416. The minimum atomic E-state index is -0.365. The number of hydrogen-bond acceptors (Lipinski definition) is 6. The number of fused-ring (bicyclic) bond motifs is 1. The molecule has 5 N–H and O–H groups in total. The zero-order valence-electron chi connectivity index (χ0n) is 12.4. The van der Waals surface area contributed by atoms with E-state index in [-0.39, 0.29) is 19.3 Å². The number of ether oxygens (including phenoxy) is 1. The second-order valence-electron chi connectivity index (χ2n) is 5.18. The summed E-state index contributed by atoms with van der Waals surface area (Å²) in [5, 5.41) is 12.2. The Balaban J connectivity index is 1.97. The Kier molecular flexibility index (Phi) is 4.79. The van der Waals surface area contributed by atoms with E-state index < -0.39 is 0 Å². The number of aromatic nitrogens is 3. The monoisotopic (exact) mass is 303 g/mol. The summed E-state index contributed by atoms with van der Waals surface area (Å²) in [6.07, 6.45) is 4.59. The summed E-state index contributed by atoms with van der Waals surface area (Å²) in [6, 6.07) is 2.01. The van der Waals surface area contributed by atoms with Gasteiger partial charge in [0.1, 0.15) is 11.9 Å². The quantitative estimate of drug-likeness (QED) is 0.613. The van der Waals surface area contributed by atoms with Gasteiger partial charge in [-0.1, -0.05) is 6.08 Å². The van der Waals surface area contributed by atoms with Crippen LogP contribution in [0.2, 0.25) is 0 Å². The van der Waals surface area contributed by atoms with Gasteiger partial charge in [-0.3, -0.25) is 0 Å². The van der Waals surface area contributed by atoms with Crippen LogP contribution in [-0.2, 0) is 4.74 Å². The number of hydrogen-bond donors (Lipinski definition) is 4. The van der Waals surface area contributed by atoms with Gasteiger partial charge in [0.25, 0.3) is 0 Å². The number of nitrogens with one attached hydrogen (secondary N) is 2. The molecule has 3 heterocycles. The lowest BCUT2D eigenvalue weighted by molar-refractivity contribution is 0.0287. The molecular formula is C15H21N5O2. The Morgan fingerprint density at radius 1 is 1.45 bits per heavy atom. The second kappa shape index (κ2) is 6.97. The molecule has 0 bridgehead atoms. The molecule has 3 rings (SSSR count). The fraction of sp³-hybridized carbons (Fsp3) is 0.467. The molecule has 1 unspecified atom stereocenters. The van der Waals surface area contributed by atoms with Crippen molar-refractivity contribution in [1.82, 2.24) is 20.3 Å². The van der Waals surface area contributed by atoms with Gasteiger partial charge in [-0.25, -0.2) is 9.97 Å². The van der Waals surface area contributed by atoms with Crippen molar-refractivity contribution in [2.75, 3.05) is 32.8 Å². The average molecular weight is 303 g/mol. The summed E-state index contributed by atoms with van der Waals surface area (Å²) in [4.78, 5) is 12.1. The summed E-state index contributed by atoms with van der Waals surface area (Å²) < 4.78 is 5.52. The topological polar surface area (TPSA) is 109 Å². The molecule has 22 heavy (non-hydrogen) atoms. The zero-order valence-corrected chi connectivity index (χ0v) is 12.4. The number of rotatable bonds is 6. The van der Waals surface area contributed by atoms with Crippen LogP contribution in [0, 0.1) is 0 Å². The molecule has 0 fully saturated rings. The highest BCUT2D eigenvalue weighted by Gasteiger charge is 2.18. The molecule has 1 aliphatic heterocycles. The summed E-state index contributed by atoms with van der Waals surface area (Å²) in [6.45, 7) is 2.34. The van der Waals surface area contributed by atoms with E-state index in [9.17, 15) is 0 Å². The maximum Gasteiger partial charge on any atom is 0.178 e. The molecule has 118 valence electrons. The second-order valence-corrected chi connectivity index (χ2v) is 5.18. The Morgan fingerprint density at radius 2 is 2.36 bits per heavy atom. The first-order valence-electron chi connectivity index (χ1n) is 7.50. The van der Waals surface area contributed by atoms with E-state index in [1.807, 2.05) is 6.07 Å². The van der Waals surface area contributed by atoms with Crippen molar-refractivity contribution >= 4 is 16.7 Å². The van der Waals surface area contributed by atoms with Gasteiger partial charge in [0, 0.05) is 24.8 Å². The molecule has 0 saturated heterocycles. The number of H-pyrrole nitrogens is 1. The van der Waals surface area contributed by atoms with Crippen LogP contribution in [-0.4, -0.2) is 52.9 Å². The van der Waals surface area contributed by atoms with Crippen molar-refractivity contribution in [3.63, 3.8) is 0 Å². The molecule has 0 saturated carbocycles. The molecule has 7 nitrogen and oxygen atoms in total. The van der Waals surface area contributed by atoms with Crippen molar-refractivity contribution in [3.8, 4) is 0 Å². The maximum absolute atomic E-state index is 8.89. The zero-order chi connectivity index (χ0) is 15.4. The van der Waals surface area contributed by atoms with Gasteiger partial charge in [0.2, 0.25) is 0 Å². The molecule has 0 aromatic carbocycles. The maximum atomic E-state index is 8.89. The van der Waals surface area contributed by atoms with Crippen molar-refractivity contribution in [2.24, 2.45) is 5.73 Å². The molecule has 7 heteroatoms. The van der Waals surface area contributed by atoms with Gasteiger partial charge in [0.05, 0.1) is 18.7 Å². The largest absolute Gasteiger partial charge is 0.394 e.